The van der Waals surface area contributed by atoms with E-state index in [0.29, 0.717) is 17.2 Å². The first-order valence-electron chi connectivity index (χ1n) is 5.47. The Hall–Kier alpha value is -2.01. The van der Waals surface area contributed by atoms with Crippen LogP contribution < -0.4 is 4.74 Å². The minimum absolute atomic E-state index is 0.122. The van der Waals surface area contributed by atoms with E-state index < -0.39 is 23.2 Å². The second-order valence-corrected chi connectivity index (χ2v) is 4.34. The highest BCUT2D eigenvalue weighted by molar-refractivity contribution is 6.32. The lowest BCUT2D eigenvalue weighted by molar-refractivity contribution is 0.103. The van der Waals surface area contributed by atoms with Crippen LogP contribution in [-0.2, 0) is 0 Å². The van der Waals surface area contributed by atoms with E-state index in [1.165, 1.54) is 25.3 Å². The Kier molecular flexibility index (Phi) is 3.99. The zero-order chi connectivity index (χ0) is 14.9. The summed E-state index contributed by atoms with van der Waals surface area (Å²) in [6.07, 6.45) is 0. The van der Waals surface area contributed by atoms with Crippen molar-refractivity contribution in [3.63, 3.8) is 0 Å². The second kappa shape index (κ2) is 5.54. The van der Waals surface area contributed by atoms with Crippen LogP contribution in [0.2, 0.25) is 5.02 Å². The van der Waals surface area contributed by atoms with E-state index in [4.69, 9.17) is 16.3 Å². The molecule has 6 heteroatoms. The summed E-state index contributed by atoms with van der Waals surface area (Å²) < 4.78 is 44.0. The highest BCUT2D eigenvalue weighted by Gasteiger charge is 2.17. The van der Waals surface area contributed by atoms with Gasteiger partial charge in [0.25, 0.3) is 0 Å². The summed E-state index contributed by atoms with van der Waals surface area (Å²) in [4.78, 5) is 12.1. The highest BCUT2D eigenvalue weighted by atomic mass is 35.5. The van der Waals surface area contributed by atoms with Crippen LogP contribution in [0.4, 0.5) is 13.2 Å². The monoisotopic (exact) mass is 300 g/mol. The molecule has 0 bridgehead atoms. The molecule has 2 aromatic carbocycles. The van der Waals surface area contributed by atoms with Gasteiger partial charge in [-0.2, -0.15) is 0 Å². The number of halogens is 4. The molecule has 2 nitrogen and oxygen atoms in total. The van der Waals surface area contributed by atoms with E-state index in [1.807, 2.05) is 0 Å². The van der Waals surface area contributed by atoms with Gasteiger partial charge >= 0.3 is 0 Å². The Balaban J connectivity index is 2.46. The minimum Gasteiger partial charge on any atom is -0.495 e. The standard InChI is InChI=1S/C14H8ClF3O2/c1-20-12-6-7(2-3-9(12)15)14(19)8-4-10(16)13(18)11(17)5-8/h2-6H,1H3. The molecule has 0 radical (unpaired) electrons. The van der Waals surface area contributed by atoms with Crippen LogP contribution in [0.25, 0.3) is 0 Å². The lowest BCUT2D eigenvalue weighted by Crippen LogP contribution is -2.05. The molecular formula is C14H8ClF3O2. The zero-order valence-electron chi connectivity index (χ0n) is 10.2. The van der Waals surface area contributed by atoms with E-state index in [-0.39, 0.29) is 16.9 Å². The van der Waals surface area contributed by atoms with E-state index in [0.717, 1.165) is 0 Å². The van der Waals surface area contributed by atoms with Crippen molar-refractivity contribution < 1.29 is 22.7 Å². The summed E-state index contributed by atoms with van der Waals surface area (Å²) in [6.45, 7) is 0. The van der Waals surface area contributed by atoms with Gasteiger partial charge in [-0.15, -0.1) is 0 Å². The molecule has 104 valence electrons. The second-order valence-electron chi connectivity index (χ2n) is 3.93. The number of ketones is 1. The third kappa shape index (κ3) is 2.63. The molecule has 0 N–H and O–H groups in total. The van der Waals surface area contributed by atoms with Gasteiger partial charge in [-0.3, -0.25) is 4.79 Å². The Morgan fingerprint density at radius 1 is 1.05 bits per heavy atom. The summed E-state index contributed by atoms with van der Waals surface area (Å²) in [7, 11) is 1.37. The average molecular weight is 301 g/mol. The molecule has 0 spiro atoms. The van der Waals surface area contributed by atoms with E-state index >= 15 is 0 Å². The topological polar surface area (TPSA) is 26.3 Å². The van der Waals surface area contributed by atoms with Gasteiger partial charge in [0.2, 0.25) is 0 Å². The quantitative estimate of drug-likeness (QED) is 0.633. The highest BCUT2D eigenvalue weighted by Crippen LogP contribution is 2.26. The van der Waals surface area contributed by atoms with Crippen LogP contribution in [0.15, 0.2) is 30.3 Å². The van der Waals surface area contributed by atoms with E-state index in [9.17, 15) is 18.0 Å². The smallest absolute Gasteiger partial charge is 0.194 e. The van der Waals surface area contributed by atoms with Crippen LogP contribution in [0.1, 0.15) is 15.9 Å². The number of benzene rings is 2. The average Bonchev–Trinajstić information content (AvgIpc) is 2.44. The molecule has 0 aliphatic heterocycles. The van der Waals surface area contributed by atoms with E-state index in [1.54, 1.807) is 0 Å². The molecule has 0 fully saturated rings. The Labute approximate surface area is 117 Å². The van der Waals surface area contributed by atoms with Gasteiger partial charge in [-0.1, -0.05) is 11.6 Å². The molecule has 0 aromatic heterocycles. The van der Waals surface area contributed by atoms with Gasteiger partial charge in [0.15, 0.2) is 23.2 Å². The van der Waals surface area contributed by atoms with Gasteiger partial charge in [0, 0.05) is 11.1 Å². The molecule has 0 saturated carbocycles. The Bertz CT molecular complexity index is 663. The van der Waals surface area contributed by atoms with Gasteiger partial charge in [0.05, 0.1) is 12.1 Å². The number of rotatable bonds is 3. The lowest BCUT2D eigenvalue weighted by Gasteiger charge is -2.07. The molecule has 2 rings (SSSR count). The fourth-order valence-electron chi connectivity index (χ4n) is 1.65. The predicted octanol–water partition coefficient (Wildman–Crippen LogP) is 4.00. The van der Waals surface area contributed by atoms with Crippen molar-refractivity contribution in [2.75, 3.05) is 7.11 Å². The fourth-order valence-corrected chi connectivity index (χ4v) is 1.85. The van der Waals surface area contributed by atoms with E-state index in [2.05, 4.69) is 0 Å². The third-order valence-corrected chi connectivity index (χ3v) is 2.97. The van der Waals surface area contributed by atoms with Gasteiger partial charge < -0.3 is 4.74 Å². The van der Waals surface area contributed by atoms with Crippen LogP contribution in [0, 0.1) is 17.5 Å². The van der Waals surface area contributed by atoms with Crippen molar-refractivity contribution in [2.24, 2.45) is 0 Å². The molecule has 0 aliphatic carbocycles. The number of carbonyl (C=O) groups is 1. The third-order valence-electron chi connectivity index (χ3n) is 2.66. The Morgan fingerprint density at radius 2 is 1.65 bits per heavy atom. The molecule has 0 atom stereocenters. The van der Waals surface area contributed by atoms with Crippen molar-refractivity contribution in [1.82, 2.24) is 0 Å². The van der Waals surface area contributed by atoms with Crippen molar-refractivity contribution in [3.8, 4) is 5.75 Å². The first kappa shape index (κ1) is 14.4. The maximum Gasteiger partial charge on any atom is 0.194 e. The van der Waals surface area contributed by atoms with Crippen LogP contribution in [0.5, 0.6) is 5.75 Å². The van der Waals surface area contributed by atoms with Crippen molar-refractivity contribution in [2.45, 2.75) is 0 Å². The van der Waals surface area contributed by atoms with Crippen LogP contribution in [0.3, 0.4) is 0 Å². The molecule has 0 saturated heterocycles. The van der Waals surface area contributed by atoms with Crippen molar-refractivity contribution >= 4 is 17.4 Å². The first-order valence-corrected chi connectivity index (χ1v) is 5.84. The maximum atomic E-state index is 13.1. The fraction of sp³-hybridized carbons (Fsp3) is 0.0714. The predicted molar refractivity (Wildman–Crippen MR) is 67.8 cm³/mol. The summed E-state index contributed by atoms with van der Waals surface area (Å²) >= 11 is 5.81. The van der Waals surface area contributed by atoms with Crippen LogP contribution >= 0.6 is 11.6 Å². The molecule has 0 aliphatic rings. The summed E-state index contributed by atoms with van der Waals surface area (Å²) in [5, 5.41) is 0.292. The molecule has 2 aromatic rings. The Morgan fingerprint density at radius 3 is 2.20 bits per heavy atom. The summed E-state index contributed by atoms with van der Waals surface area (Å²) in [5.41, 5.74) is -0.178. The molecule has 0 heterocycles. The van der Waals surface area contributed by atoms with Gasteiger partial charge in [-0.05, 0) is 30.3 Å². The van der Waals surface area contributed by atoms with Gasteiger partial charge in [-0.25, -0.2) is 13.2 Å². The minimum atomic E-state index is -1.62. The van der Waals surface area contributed by atoms with Crippen molar-refractivity contribution in [3.05, 3.63) is 63.9 Å². The number of methoxy groups -OCH3 is 1. The molecule has 0 unspecified atom stereocenters. The number of hydrogen-bond acceptors (Lipinski definition) is 2. The summed E-state index contributed by atoms with van der Waals surface area (Å²) in [5.74, 6) is -4.88. The zero-order valence-corrected chi connectivity index (χ0v) is 11.0. The van der Waals surface area contributed by atoms with Crippen molar-refractivity contribution in [1.29, 1.82) is 0 Å². The largest absolute Gasteiger partial charge is 0.495 e. The molecular weight excluding hydrogens is 293 g/mol. The SMILES string of the molecule is COc1cc(C(=O)c2cc(F)c(F)c(F)c2)ccc1Cl. The normalized spacial score (nSPS) is 10.4. The first-order chi connectivity index (χ1) is 9.43. The summed E-state index contributed by atoms with van der Waals surface area (Å²) in [6, 6.07) is 5.42. The molecule has 20 heavy (non-hydrogen) atoms. The van der Waals surface area contributed by atoms with Gasteiger partial charge in [0.1, 0.15) is 5.75 Å². The maximum absolute atomic E-state index is 13.1. The number of ether oxygens (including phenoxy) is 1. The number of carbonyl (C=O) groups excluding carboxylic acids is 1. The number of hydrogen-bond donors (Lipinski definition) is 0. The van der Waals surface area contributed by atoms with Crippen LogP contribution in [-0.4, -0.2) is 12.9 Å². The lowest BCUT2D eigenvalue weighted by atomic mass is 10.0. The molecule has 0 amide bonds.